The first-order valence-electron chi connectivity index (χ1n) is 10.7. The Labute approximate surface area is 202 Å². The number of anilines is 1. The summed E-state index contributed by atoms with van der Waals surface area (Å²) in [6, 6.07) is 3.88. The van der Waals surface area contributed by atoms with Crippen LogP contribution in [0.2, 0.25) is 0 Å². The van der Waals surface area contributed by atoms with Crippen LogP contribution in [0.15, 0.2) is 23.2 Å². The predicted octanol–water partition coefficient (Wildman–Crippen LogP) is 3.99. The molecular formula is C21H31F5IN5. The van der Waals surface area contributed by atoms with Gasteiger partial charge >= 0.3 is 6.18 Å². The van der Waals surface area contributed by atoms with Crippen LogP contribution in [0, 0.1) is 17.6 Å². The van der Waals surface area contributed by atoms with Crippen molar-refractivity contribution < 1.29 is 22.0 Å². The highest BCUT2D eigenvalue weighted by Gasteiger charge is 2.32. The molecule has 2 fully saturated rings. The van der Waals surface area contributed by atoms with Crippen LogP contribution in [0.3, 0.4) is 0 Å². The zero-order valence-corrected chi connectivity index (χ0v) is 20.4. The highest BCUT2D eigenvalue weighted by Crippen LogP contribution is 2.27. The quantitative estimate of drug-likeness (QED) is 0.233. The van der Waals surface area contributed by atoms with Crippen molar-refractivity contribution in [3.63, 3.8) is 0 Å². The second-order valence-electron chi connectivity index (χ2n) is 8.27. The van der Waals surface area contributed by atoms with Gasteiger partial charge in [-0.3, -0.25) is 9.89 Å². The molecule has 182 valence electrons. The van der Waals surface area contributed by atoms with Crippen molar-refractivity contribution in [1.29, 1.82) is 0 Å². The number of aliphatic imine (C=N–C) groups is 1. The van der Waals surface area contributed by atoms with Crippen molar-refractivity contribution in [3.05, 3.63) is 29.8 Å². The summed E-state index contributed by atoms with van der Waals surface area (Å²) in [6.45, 7) is 1.80. The zero-order valence-electron chi connectivity index (χ0n) is 18.1. The molecule has 2 aliphatic heterocycles. The Kier molecular flexibility index (Phi) is 10.2. The molecule has 1 unspecified atom stereocenters. The van der Waals surface area contributed by atoms with E-state index in [-0.39, 0.29) is 35.7 Å². The van der Waals surface area contributed by atoms with E-state index in [2.05, 4.69) is 15.6 Å². The fraction of sp³-hybridized carbons (Fsp3) is 0.667. The number of alkyl halides is 3. The largest absolute Gasteiger partial charge is 0.401 e. The van der Waals surface area contributed by atoms with Crippen LogP contribution in [0.4, 0.5) is 27.6 Å². The van der Waals surface area contributed by atoms with Crippen LogP contribution in [0.5, 0.6) is 0 Å². The fourth-order valence-corrected chi connectivity index (χ4v) is 4.34. The molecule has 0 radical (unpaired) electrons. The van der Waals surface area contributed by atoms with Crippen LogP contribution in [-0.2, 0) is 0 Å². The van der Waals surface area contributed by atoms with Crippen molar-refractivity contribution in [1.82, 2.24) is 15.5 Å². The number of nitrogens with one attached hydrogen (secondary N) is 2. The number of rotatable bonds is 6. The van der Waals surface area contributed by atoms with Gasteiger partial charge in [0.25, 0.3) is 0 Å². The summed E-state index contributed by atoms with van der Waals surface area (Å²) in [7, 11) is 1.66. The molecule has 3 rings (SSSR count). The summed E-state index contributed by atoms with van der Waals surface area (Å²) in [6.07, 6.45) is -1.03. The Morgan fingerprint density at radius 1 is 1.09 bits per heavy atom. The van der Waals surface area contributed by atoms with E-state index in [0.717, 1.165) is 25.7 Å². The highest BCUT2D eigenvalue weighted by atomic mass is 127. The monoisotopic (exact) mass is 575 g/mol. The number of piperidine rings is 1. The fourth-order valence-electron chi connectivity index (χ4n) is 4.34. The van der Waals surface area contributed by atoms with Gasteiger partial charge in [0.2, 0.25) is 0 Å². The number of likely N-dealkylation sites (tertiary alicyclic amines) is 1. The molecule has 0 saturated carbocycles. The van der Waals surface area contributed by atoms with E-state index < -0.39 is 24.4 Å². The van der Waals surface area contributed by atoms with Crippen LogP contribution in [-0.4, -0.2) is 69.4 Å². The van der Waals surface area contributed by atoms with E-state index >= 15 is 0 Å². The number of guanidine groups is 1. The lowest BCUT2D eigenvalue weighted by Gasteiger charge is -2.32. The maximum atomic E-state index is 14.0. The van der Waals surface area contributed by atoms with E-state index in [1.807, 2.05) is 0 Å². The molecule has 0 spiro atoms. The second-order valence-corrected chi connectivity index (χ2v) is 8.27. The third-order valence-electron chi connectivity index (χ3n) is 5.96. The Hall–Kier alpha value is -1.37. The third-order valence-corrected chi connectivity index (χ3v) is 5.96. The van der Waals surface area contributed by atoms with Crippen molar-refractivity contribution in [2.24, 2.45) is 10.9 Å². The van der Waals surface area contributed by atoms with Crippen molar-refractivity contribution in [2.45, 2.75) is 37.9 Å². The SMILES string of the molecule is CN=C(NCCC1CCN(CC(F)(F)F)CC1)NC1CCN(c2c(F)cccc2F)C1.I. The number of nitrogens with zero attached hydrogens (tertiary/aromatic N) is 3. The lowest BCUT2D eigenvalue weighted by Crippen LogP contribution is -2.45. The zero-order chi connectivity index (χ0) is 22.4. The van der Waals surface area contributed by atoms with Gasteiger partial charge in [0, 0.05) is 32.7 Å². The Morgan fingerprint density at radius 3 is 2.34 bits per heavy atom. The van der Waals surface area contributed by atoms with Gasteiger partial charge in [0.1, 0.15) is 17.3 Å². The van der Waals surface area contributed by atoms with Gasteiger partial charge in [0.15, 0.2) is 5.96 Å². The highest BCUT2D eigenvalue weighted by molar-refractivity contribution is 14.0. The summed E-state index contributed by atoms with van der Waals surface area (Å²) in [4.78, 5) is 7.38. The van der Waals surface area contributed by atoms with Gasteiger partial charge in [0.05, 0.1) is 6.54 Å². The molecule has 0 bridgehead atoms. The molecule has 1 atom stereocenters. The molecule has 2 aliphatic rings. The van der Waals surface area contributed by atoms with Crippen LogP contribution >= 0.6 is 24.0 Å². The average molecular weight is 575 g/mol. The molecule has 5 nitrogen and oxygen atoms in total. The average Bonchev–Trinajstić information content (AvgIpc) is 3.15. The number of hydrogen-bond acceptors (Lipinski definition) is 3. The summed E-state index contributed by atoms with van der Waals surface area (Å²) >= 11 is 0. The van der Waals surface area contributed by atoms with E-state index in [9.17, 15) is 22.0 Å². The molecule has 32 heavy (non-hydrogen) atoms. The van der Waals surface area contributed by atoms with Crippen LogP contribution < -0.4 is 15.5 Å². The molecule has 1 aromatic carbocycles. The number of halogens is 6. The van der Waals surface area contributed by atoms with Crippen molar-refractivity contribution in [3.8, 4) is 0 Å². The first-order chi connectivity index (χ1) is 14.7. The first-order valence-corrected chi connectivity index (χ1v) is 10.7. The molecular weight excluding hydrogens is 544 g/mol. The number of benzene rings is 1. The summed E-state index contributed by atoms with van der Waals surface area (Å²) in [5.41, 5.74) is 0.00612. The molecule has 2 heterocycles. The molecule has 2 saturated heterocycles. The maximum Gasteiger partial charge on any atom is 0.401 e. The molecule has 1 aromatic rings. The maximum absolute atomic E-state index is 14.0. The third kappa shape index (κ3) is 7.89. The van der Waals surface area contributed by atoms with Crippen LogP contribution in [0.1, 0.15) is 25.7 Å². The minimum absolute atomic E-state index is 0. The lowest BCUT2D eigenvalue weighted by molar-refractivity contribution is -0.148. The molecule has 11 heteroatoms. The van der Waals surface area contributed by atoms with E-state index in [1.165, 1.54) is 23.1 Å². The van der Waals surface area contributed by atoms with Gasteiger partial charge in [-0.25, -0.2) is 8.78 Å². The number of hydrogen-bond donors (Lipinski definition) is 2. The van der Waals surface area contributed by atoms with Crippen LogP contribution in [0.25, 0.3) is 0 Å². The van der Waals surface area contributed by atoms with Crippen molar-refractivity contribution in [2.75, 3.05) is 51.2 Å². The smallest absolute Gasteiger partial charge is 0.365 e. The number of para-hydroxylation sites is 1. The summed E-state index contributed by atoms with van der Waals surface area (Å²) in [5.74, 6) is -0.120. The topological polar surface area (TPSA) is 42.9 Å². The predicted molar refractivity (Wildman–Crippen MR) is 127 cm³/mol. The Bertz CT molecular complexity index is 732. The normalized spacial score (nSPS) is 20.9. The summed E-state index contributed by atoms with van der Waals surface area (Å²) < 4.78 is 65.5. The molecule has 2 N–H and O–H groups in total. The van der Waals surface area contributed by atoms with Gasteiger partial charge < -0.3 is 15.5 Å². The van der Waals surface area contributed by atoms with Gasteiger partial charge in [-0.05, 0) is 56.8 Å². The minimum atomic E-state index is -4.14. The second kappa shape index (κ2) is 12.2. The summed E-state index contributed by atoms with van der Waals surface area (Å²) in [5, 5.41) is 6.54. The van der Waals surface area contributed by atoms with E-state index in [1.54, 1.807) is 11.9 Å². The van der Waals surface area contributed by atoms with Gasteiger partial charge in [-0.2, -0.15) is 13.2 Å². The van der Waals surface area contributed by atoms with E-state index in [0.29, 0.717) is 44.6 Å². The minimum Gasteiger partial charge on any atom is -0.365 e. The Balaban J connectivity index is 0.00000363. The molecule has 0 amide bonds. The first kappa shape index (κ1) is 26.9. The van der Waals surface area contributed by atoms with Gasteiger partial charge in [-0.15, -0.1) is 24.0 Å². The molecule has 0 aliphatic carbocycles. The van der Waals surface area contributed by atoms with Crippen molar-refractivity contribution >= 4 is 35.6 Å². The lowest BCUT2D eigenvalue weighted by atomic mass is 9.93. The van der Waals surface area contributed by atoms with Gasteiger partial charge in [-0.1, -0.05) is 6.07 Å². The standard InChI is InChI=1S/C21H30F5N5.HI/c1-27-20(28-9-5-15-6-10-30(11-7-15)14-21(24,25)26)29-16-8-12-31(13-16)19-17(22)3-2-4-18(19)23;/h2-4,15-16H,5-14H2,1H3,(H2,27,28,29);1H. The van der Waals surface area contributed by atoms with E-state index in [4.69, 9.17) is 0 Å². The Morgan fingerprint density at radius 2 is 1.75 bits per heavy atom. The molecule has 0 aromatic heterocycles.